The molecule has 0 amide bonds. The summed E-state index contributed by atoms with van der Waals surface area (Å²) in [7, 11) is -1.78. The van der Waals surface area contributed by atoms with Gasteiger partial charge < -0.3 is 0 Å². The predicted molar refractivity (Wildman–Crippen MR) is 87.9 cm³/mol. The Morgan fingerprint density at radius 2 is 1.95 bits per heavy atom. The minimum Gasteiger partial charge on any atom is -0.283 e. The summed E-state index contributed by atoms with van der Waals surface area (Å²) in [5, 5.41) is 0. The van der Waals surface area contributed by atoms with Crippen molar-refractivity contribution in [1.29, 1.82) is 0 Å². The monoisotopic (exact) mass is 319 g/mol. The lowest BCUT2D eigenvalue weighted by Crippen LogP contribution is -1.98. The third kappa shape index (κ3) is 6.58. The van der Waals surface area contributed by atoms with Crippen molar-refractivity contribution >= 4 is 25.6 Å². The van der Waals surface area contributed by atoms with Crippen molar-refractivity contribution in [1.82, 2.24) is 0 Å². The van der Waals surface area contributed by atoms with Gasteiger partial charge in [0.2, 0.25) is 0 Å². The molecular weight excluding hydrogens is 299 g/mol. The maximum Gasteiger partial charge on any atom is 0.316 e. The van der Waals surface area contributed by atoms with Crippen LogP contribution in [0.15, 0.2) is 52.1 Å². The summed E-state index contributed by atoms with van der Waals surface area (Å²) >= 11 is 5.68. The molecule has 0 aliphatic heterocycles. The van der Waals surface area contributed by atoms with Gasteiger partial charge in [-0.1, -0.05) is 43.7 Å². The SMILES string of the molecule is C\C=C/C(CC)=C(\C=C\Cl)C(C)/C=C\C(=N/C)P(F)F. The highest BCUT2D eigenvalue weighted by atomic mass is 35.5. The number of allylic oxidation sites excluding steroid dienone is 7. The molecule has 112 valence electrons. The summed E-state index contributed by atoms with van der Waals surface area (Å²) in [6, 6.07) is 0. The summed E-state index contributed by atoms with van der Waals surface area (Å²) in [5.74, 6) is -0.0113. The molecule has 20 heavy (non-hydrogen) atoms. The van der Waals surface area contributed by atoms with E-state index >= 15 is 0 Å². The van der Waals surface area contributed by atoms with E-state index in [4.69, 9.17) is 11.6 Å². The van der Waals surface area contributed by atoms with Crippen LogP contribution in [-0.2, 0) is 0 Å². The van der Waals surface area contributed by atoms with Gasteiger partial charge in [0.25, 0.3) is 0 Å². The van der Waals surface area contributed by atoms with Crippen LogP contribution < -0.4 is 0 Å². The summed E-state index contributed by atoms with van der Waals surface area (Å²) in [6.07, 6.45) is 9.78. The van der Waals surface area contributed by atoms with Gasteiger partial charge in [0.15, 0.2) is 0 Å². The van der Waals surface area contributed by atoms with Crippen LogP contribution in [0.25, 0.3) is 0 Å². The van der Waals surface area contributed by atoms with E-state index in [1.165, 1.54) is 18.7 Å². The number of hydrogen-bond acceptors (Lipinski definition) is 1. The van der Waals surface area contributed by atoms with E-state index < -0.39 is 8.54 Å². The van der Waals surface area contributed by atoms with Gasteiger partial charge in [0.1, 0.15) is 5.45 Å². The molecule has 5 heteroatoms. The maximum atomic E-state index is 12.7. The van der Waals surface area contributed by atoms with E-state index in [-0.39, 0.29) is 11.4 Å². The number of rotatable bonds is 7. The van der Waals surface area contributed by atoms with Crippen molar-refractivity contribution in [3.8, 4) is 0 Å². The number of aliphatic imine (C=N–C) groups is 1. The summed E-state index contributed by atoms with van der Waals surface area (Å²) in [6.45, 7) is 5.95. The van der Waals surface area contributed by atoms with Crippen molar-refractivity contribution in [2.24, 2.45) is 10.9 Å². The summed E-state index contributed by atoms with van der Waals surface area (Å²) in [5.41, 5.74) is 3.46. The van der Waals surface area contributed by atoms with Crippen molar-refractivity contribution in [2.75, 3.05) is 7.05 Å². The average Bonchev–Trinajstić information content (AvgIpc) is 2.42. The standard InChI is InChI=1S/C15H21ClF2NP/c1-5-7-13(6-2)14(10-11-16)12(3)8-9-15(19-4)20(17)18/h5,7-12H,6H2,1-4H3/b7-5-,9-8-,11-10+,14-13+,19-15+. The van der Waals surface area contributed by atoms with Crippen molar-refractivity contribution < 1.29 is 8.39 Å². The fourth-order valence-electron chi connectivity index (χ4n) is 1.78. The Balaban J connectivity index is 5.38. The van der Waals surface area contributed by atoms with Gasteiger partial charge in [-0.2, -0.15) is 8.39 Å². The molecule has 1 unspecified atom stereocenters. The molecule has 0 heterocycles. The lowest BCUT2D eigenvalue weighted by atomic mass is 9.93. The first-order chi connectivity index (χ1) is 9.51. The molecule has 0 aromatic heterocycles. The number of hydrogen-bond donors (Lipinski definition) is 0. The van der Waals surface area contributed by atoms with Gasteiger partial charge in [0, 0.05) is 12.6 Å². The predicted octanol–water partition coefficient (Wildman–Crippen LogP) is 6.49. The molecule has 0 aromatic rings. The molecule has 0 aliphatic rings. The molecule has 0 saturated heterocycles. The minimum absolute atomic E-state index is 0.0113. The second-order valence-corrected chi connectivity index (χ2v) is 5.27. The van der Waals surface area contributed by atoms with E-state index in [1.807, 2.05) is 32.1 Å². The normalized spacial score (nSPS) is 16.7. The molecule has 1 nitrogen and oxygen atoms in total. The molecular formula is C15H21ClF2NP. The molecule has 0 aliphatic carbocycles. The fraction of sp³-hybridized carbons (Fsp3) is 0.400. The smallest absolute Gasteiger partial charge is 0.283 e. The Labute approximate surface area is 126 Å². The van der Waals surface area contributed by atoms with Gasteiger partial charge in [-0.3, -0.25) is 4.99 Å². The van der Waals surface area contributed by atoms with E-state index in [0.29, 0.717) is 0 Å². The zero-order chi connectivity index (χ0) is 15.5. The molecule has 0 saturated carbocycles. The molecule has 0 N–H and O–H groups in total. The topological polar surface area (TPSA) is 12.4 Å². The van der Waals surface area contributed by atoms with Crippen LogP contribution in [0.2, 0.25) is 0 Å². The van der Waals surface area contributed by atoms with E-state index in [1.54, 1.807) is 6.08 Å². The van der Waals surface area contributed by atoms with Gasteiger partial charge in [-0.25, -0.2) is 0 Å². The van der Waals surface area contributed by atoms with Crippen LogP contribution in [0, 0.1) is 5.92 Å². The highest BCUT2D eigenvalue weighted by Crippen LogP contribution is 2.41. The van der Waals surface area contributed by atoms with E-state index in [0.717, 1.165) is 17.6 Å². The molecule has 0 radical (unpaired) electrons. The Bertz CT molecular complexity index is 437. The fourth-order valence-corrected chi connectivity index (χ4v) is 2.26. The Hall–Kier alpha value is -0.790. The molecule has 0 fully saturated rings. The van der Waals surface area contributed by atoms with Gasteiger partial charge >= 0.3 is 8.54 Å². The van der Waals surface area contributed by atoms with Crippen LogP contribution in [0.4, 0.5) is 8.39 Å². The molecule has 0 spiro atoms. The third-order valence-corrected chi connectivity index (χ3v) is 3.61. The molecule has 0 rings (SSSR count). The summed E-state index contributed by atoms with van der Waals surface area (Å²) in [4.78, 5) is 3.60. The van der Waals surface area contributed by atoms with E-state index in [9.17, 15) is 8.39 Å². The lowest BCUT2D eigenvalue weighted by Gasteiger charge is -2.13. The third-order valence-electron chi connectivity index (χ3n) is 2.79. The van der Waals surface area contributed by atoms with Crippen LogP contribution >= 0.6 is 20.1 Å². The molecule has 1 atom stereocenters. The van der Waals surface area contributed by atoms with E-state index in [2.05, 4.69) is 11.9 Å². The van der Waals surface area contributed by atoms with Crippen LogP contribution in [0.3, 0.4) is 0 Å². The first kappa shape index (κ1) is 19.2. The van der Waals surface area contributed by atoms with Crippen LogP contribution in [0.1, 0.15) is 27.2 Å². The van der Waals surface area contributed by atoms with Crippen LogP contribution in [-0.4, -0.2) is 12.5 Å². The quantitative estimate of drug-likeness (QED) is 0.289. The second-order valence-electron chi connectivity index (χ2n) is 4.09. The van der Waals surface area contributed by atoms with Gasteiger partial charge in [-0.15, -0.1) is 0 Å². The first-order valence-corrected chi connectivity index (χ1v) is 7.96. The van der Waals surface area contributed by atoms with Gasteiger partial charge in [-0.05, 0) is 42.6 Å². The molecule has 0 aromatic carbocycles. The van der Waals surface area contributed by atoms with Crippen molar-refractivity contribution in [3.63, 3.8) is 0 Å². The minimum atomic E-state index is -3.16. The number of halogens is 3. The average molecular weight is 320 g/mol. The zero-order valence-corrected chi connectivity index (χ0v) is 13.9. The summed E-state index contributed by atoms with van der Waals surface area (Å²) < 4.78 is 25.3. The first-order valence-electron chi connectivity index (χ1n) is 6.40. The Morgan fingerprint density at radius 1 is 1.30 bits per heavy atom. The second kappa shape index (κ2) is 10.9. The largest absolute Gasteiger partial charge is 0.316 e. The van der Waals surface area contributed by atoms with Crippen molar-refractivity contribution in [2.45, 2.75) is 27.2 Å². The lowest BCUT2D eigenvalue weighted by molar-refractivity contribution is 0.768. The zero-order valence-electron chi connectivity index (χ0n) is 12.3. The Kier molecular flexibility index (Phi) is 10.5. The highest BCUT2D eigenvalue weighted by molar-refractivity contribution is 7.66. The van der Waals surface area contributed by atoms with Crippen molar-refractivity contribution in [3.05, 3.63) is 47.1 Å². The number of nitrogens with zero attached hydrogens (tertiary/aromatic N) is 1. The Morgan fingerprint density at radius 3 is 2.35 bits per heavy atom. The highest BCUT2D eigenvalue weighted by Gasteiger charge is 2.12. The maximum absolute atomic E-state index is 12.7. The molecule has 0 bridgehead atoms. The van der Waals surface area contributed by atoms with Gasteiger partial charge in [0.05, 0.1) is 0 Å². The van der Waals surface area contributed by atoms with Crippen LogP contribution in [0.5, 0.6) is 0 Å².